The molecular formula is C34H51N2O7P. The van der Waals surface area contributed by atoms with Crippen LogP contribution in [0.4, 0.5) is 5.69 Å². The molecule has 0 fully saturated rings. The van der Waals surface area contributed by atoms with Crippen molar-refractivity contribution in [1.29, 1.82) is 0 Å². The number of amides is 1. The molecule has 0 saturated carbocycles. The molecule has 44 heavy (non-hydrogen) atoms. The molecule has 2 aromatic rings. The first-order valence-corrected chi connectivity index (χ1v) is 17.5. The van der Waals surface area contributed by atoms with Gasteiger partial charge in [0.2, 0.25) is 5.91 Å². The number of carbonyl (C=O) groups excluding carboxylic acids is 2. The number of ether oxygens (including phenoxy) is 1. The fourth-order valence-electron chi connectivity index (χ4n) is 4.76. The fourth-order valence-corrected chi connectivity index (χ4v) is 5.13. The molecule has 0 spiro atoms. The van der Waals surface area contributed by atoms with Crippen LogP contribution in [0.15, 0.2) is 60.7 Å². The lowest BCUT2D eigenvalue weighted by molar-refractivity contribution is -0.122. The zero-order chi connectivity index (χ0) is 32.0. The van der Waals surface area contributed by atoms with Crippen LogP contribution in [0, 0.1) is 0 Å². The van der Waals surface area contributed by atoms with Gasteiger partial charge < -0.3 is 25.6 Å². The first-order valence-electron chi connectivity index (χ1n) is 16.0. The van der Waals surface area contributed by atoms with Crippen LogP contribution in [-0.2, 0) is 20.3 Å². The molecule has 0 aliphatic heterocycles. The number of phosphoric ester groups is 1. The highest BCUT2D eigenvalue weighted by molar-refractivity contribution is 7.46. The Morgan fingerprint density at radius 3 is 2.00 bits per heavy atom. The molecule has 0 heterocycles. The Bertz CT molecular complexity index is 1160. The predicted molar refractivity (Wildman–Crippen MR) is 175 cm³/mol. The lowest BCUT2D eigenvalue weighted by atomic mass is 10.1. The van der Waals surface area contributed by atoms with E-state index in [0.717, 1.165) is 44.1 Å². The van der Waals surface area contributed by atoms with Gasteiger partial charge in [-0.1, -0.05) is 82.6 Å². The van der Waals surface area contributed by atoms with Gasteiger partial charge in [-0.15, -0.1) is 0 Å². The molecule has 1 atom stereocenters. The molecular weight excluding hydrogens is 579 g/mol. The lowest BCUT2D eigenvalue weighted by Gasteiger charge is -2.19. The van der Waals surface area contributed by atoms with E-state index in [9.17, 15) is 14.2 Å². The Morgan fingerprint density at radius 2 is 1.41 bits per heavy atom. The summed E-state index contributed by atoms with van der Waals surface area (Å²) in [6, 6.07) is 12.5. The normalized spacial score (nSPS) is 12.3. The van der Waals surface area contributed by atoms with Crippen molar-refractivity contribution in [3.63, 3.8) is 0 Å². The summed E-state index contributed by atoms with van der Waals surface area (Å²) in [5.41, 5.74) is 7.34. The maximum atomic E-state index is 12.6. The van der Waals surface area contributed by atoms with E-state index in [4.69, 9.17) is 24.8 Å². The van der Waals surface area contributed by atoms with Crippen LogP contribution in [0.1, 0.15) is 113 Å². The van der Waals surface area contributed by atoms with Crippen LogP contribution in [0.25, 0.3) is 0 Å². The minimum absolute atomic E-state index is 0.184. The summed E-state index contributed by atoms with van der Waals surface area (Å²) < 4.78 is 21.4. The minimum atomic E-state index is -4.70. The molecule has 2 rings (SSSR count). The molecule has 0 aromatic heterocycles. The smallest absolute Gasteiger partial charge is 0.423 e. The highest BCUT2D eigenvalue weighted by Crippen LogP contribution is 2.35. The first kappa shape index (κ1) is 37.2. The van der Waals surface area contributed by atoms with Crippen LogP contribution < -0.4 is 15.8 Å². The zero-order valence-corrected chi connectivity index (χ0v) is 27.0. The Hall–Kier alpha value is -2.97. The molecule has 0 unspecified atom stereocenters. The van der Waals surface area contributed by atoms with E-state index in [0.29, 0.717) is 23.4 Å². The summed E-state index contributed by atoms with van der Waals surface area (Å²) in [5, 5.41) is 2.85. The number of nitrogens with two attached hydrogens (primary N) is 1. The van der Waals surface area contributed by atoms with E-state index < -0.39 is 19.8 Å². The van der Waals surface area contributed by atoms with Gasteiger partial charge in [0.25, 0.3) is 0 Å². The lowest BCUT2D eigenvalue weighted by Crippen LogP contribution is -2.39. The Labute approximate surface area is 262 Å². The molecule has 9 nitrogen and oxygen atoms in total. The van der Waals surface area contributed by atoms with Crippen molar-refractivity contribution in [2.45, 2.75) is 109 Å². The third-order valence-electron chi connectivity index (χ3n) is 7.24. The summed E-state index contributed by atoms with van der Waals surface area (Å²) in [7, 11) is -4.70. The number of benzene rings is 2. The van der Waals surface area contributed by atoms with Crippen LogP contribution in [-0.4, -0.2) is 34.3 Å². The second kappa shape index (κ2) is 21.7. The van der Waals surface area contributed by atoms with Gasteiger partial charge >= 0.3 is 13.8 Å². The molecule has 1 amide bonds. The number of nitrogens with one attached hydrogen (secondary N) is 1. The standard InChI is InChI=1S/C34H51N2O7P/c1-2-3-4-5-6-7-8-9-10-11-12-13-14-15-16-17-33(37)36-31(27-42-44(39,40)41)26-28-18-24-32(25-19-28)43-34(38)29-20-22-30(35)23-21-29/h9-10,18-25,31H,2-8,11-17,26-27,35H2,1H3,(H,36,37)(H2,39,40,41)/t31-/m0/s1. The largest absolute Gasteiger partial charge is 0.469 e. The molecule has 0 aliphatic carbocycles. The van der Waals surface area contributed by atoms with Crippen LogP contribution in [0.2, 0.25) is 0 Å². The van der Waals surface area contributed by atoms with Crippen molar-refractivity contribution in [3.8, 4) is 5.75 Å². The highest BCUT2D eigenvalue weighted by atomic mass is 31.2. The number of rotatable bonds is 23. The summed E-state index contributed by atoms with van der Waals surface area (Å²) in [6.07, 6.45) is 20.5. The van der Waals surface area contributed by atoms with Gasteiger partial charge in [0.15, 0.2) is 0 Å². The van der Waals surface area contributed by atoms with Crippen molar-refractivity contribution in [2.24, 2.45) is 0 Å². The first-order chi connectivity index (χ1) is 21.2. The molecule has 0 aliphatic rings. The topological polar surface area (TPSA) is 148 Å². The quantitative estimate of drug-likeness (QED) is 0.0244. The van der Waals surface area contributed by atoms with Gasteiger partial charge in [-0.05, 0) is 80.5 Å². The van der Waals surface area contributed by atoms with Gasteiger partial charge in [0.1, 0.15) is 5.75 Å². The third kappa shape index (κ3) is 18.0. The van der Waals surface area contributed by atoms with E-state index >= 15 is 0 Å². The summed E-state index contributed by atoms with van der Waals surface area (Å²) >= 11 is 0. The number of hydrogen-bond acceptors (Lipinski definition) is 6. The number of nitrogen functional groups attached to an aromatic ring is 1. The minimum Gasteiger partial charge on any atom is -0.423 e. The summed E-state index contributed by atoms with van der Waals surface area (Å²) in [6.45, 7) is 1.90. The molecule has 0 radical (unpaired) electrons. The highest BCUT2D eigenvalue weighted by Gasteiger charge is 2.20. The second-order valence-electron chi connectivity index (χ2n) is 11.2. The number of hydrogen-bond donors (Lipinski definition) is 4. The van der Waals surface area contributed by atoms with Crippen molar-refractivity contribution in [2.75, 3.05) is 12.3 Å². The van der Waals surface area contributed by atoms with Crippen LogP contribution in [0.3, 0.4) is 0 Å². The molecule has 10 heteroatoms. The fraction of sp³-hybridized carbons (Fsp3) is 0.529. The Kier molecular flexibility index (Phi) is 18.3. The molecule has 5 N–H and O–H groups in total. The SMILES string of the molecule is CCCCCCCCC=CCCCCCCCC(=O)N[C@H](COP(=O)(O)O)Cc1ccc(OC(=O)c2ccc(N)cc2)cc1. The van der Waals surface area contributed by atoms with Crippen LogP contribution in [0.5, 0.6) is 5.75 Å². The van der Waals surface area contributed by atoms with Crippen LogP contribution >= 0.6 is 7.82 Å². The second-order valence-corrected chi connectivity index (χ2v) is 12.5. The summed E-state index contributed by atoms with van der Waals surface area (Å²) in [5.74, 6) is -0.364. The molecule has 0 bridgehead atoms. The molecule has 244 valence electrons. The van der Waals surface area contributed by atoms with Crippen molar-refractivity contribution in [1.82, 2.24) is 5.32 Å². The molecule has 2 aromatic carbocycles. The van der Waals surface area contributed by atoms with E-state index in [1.54, 1.807) is 48.5 Å². The Balaban J connectivity index is 1.68. The van der Waals surface area contributed by atoms with Crippen molar-refractivity contribution < 1.29 is 33.2 Å². The predicted octanol–water partition coefficient (Wildman–Crippen LogP) is 7.66. The summed E-state index contributed by atoms with van der Waals surface area (Å²) in [4.78, 5) is 43.3. The van der Waals surface area contributed by atoms with Gasteiger partial charge in [-0.3, -0.25) is 9.32 Å². The zero-order valence-electron chi connectivity index (χ0n) is 26.1. The van der Waals surface area contributed by atoms with Gasteiger partial charge in [-0.25, -0.2) is 9.36 Å². The average Bonchev–Trinajstić information content (AvgIpc) is 2.99. The Morgan fingerprint density at radius 1 is 0.841 bits per heavy atom. The monoisotopic (exact) mass is 630 g/mol. The van der Waals surface area contributed by atoms with Gasteiger partial charge in [-0.2, -0.15) is 0 Å². The maximum Gasteiger partial charge on any atom is 0.469 e. The van der Waals surface area contributed by atoms with E-state index in [1.807, 2.05) is 0 Å². The number of phosphoric acid groups is 1. The van der Waals surface area contributed by atoms with Crippen molar-refractivity contribution >= 4 is 25.4 Å². The van der Waals surface area contributed by atoms with Crippen molar-refractivity contribution in [3.05, 3.63) is 71.8 Å². The number of esters is 1. The number of carbonyl (C=O) groups is 2. The third-order valence-corrected chi connectivity index (χ3v) is 7.72. The van der Waals surface area contributed by atoms with E-state index in [2.05, 4.69) is 24.4 Å². The van der Waals surface area contributed by atoms with Gasteiger partial charge in [0.05, 0.1) is 18.2 Å². The van der Waals surface area contributed by atoms with E-state index in [1.165, 1.54) is 44.9 Å². The maximum absolute atomic E-state index is 12.6. The van der Waals surface area contributed by atoms with Gasteiger partial charge in [0, 0.05) is 12.1 Å². The number of anilines is 1. The van der Waals surface area contributed by atoms with E-state index in [-0.39, 0.29) is 18.9 Å². The molecule has 0 saturated heterocycles. The number of allylic oxidation sites excluding steroid dienone is 2. The number of unbranched alkanes of at least 4 members (excludes halogenated alkanes) is 11. The average molecular weight is 631 g/mol.